The maximum Gasteiger partial charge on any atom is 0.217 e. The third-order valence-electron chi connectivity index (χ3n) is 3.95. The molecule has 0 aliphatic carbocycles. The summed E-state index contributed by atoms with van der Waals surface area (Å²) in [6.45, 7) is 6.90. The molecule has 2 rings (SSSR count). The topological polar surface area (TPSA) is 46.9 Å². The van der Waals surface area contributed by atoms with Gasteiger partial charge in [0.15, 0.2) is 0 Å². The Kier molecular flexibility index (Phi) is 5.99. The van der Waals surface area contributed by atoms with Crippen molar-refractivity contribution in [3.63, 3.8) is 0 Å². The smallest absolute Gasteiger partial charge is 0.217 e. The van der Waals surface area contributed by atoms with Gasteiger partial charge in [0, 0.05) is 13.5 Å². The lowest BCUT2D eigenvalue weighted by atomic mass is 10.1. The van der Waals surface area contributed by atoms with Crippen LogP contribution in [0, 0.1) is 0 Å². The number of unbranched alkanes of at least 4 members (excludes halogenated alkanes) is 2. The van der Waals surface area contributed by atoms with E-state index in [-0.39, 0.29) is 11.9 Å². The van der Waals surface area contributed by atoms with Crippen LogP contribution < -0.4 is 5.32 Å². The molecule has 0 fully saturated rings. The summed E-state index contributed by atoms with van der Waals surface area (Å²) in [7, 11) is 0. The Labute approximate surface area is 132 Å². The molecule has 22 heavy (non-hydrogen) atoms. The third kappa shape index (κ3) is 3.87. The number of fused-ring (bicyclic) bond motifs is 1. The Morgan fingerprint density at radius 1 is 1.23 bits per heavy atom. The second-order valence-electron chi connectivity index (χ2n) is 5.86. The summed E-state index contributed by atoms with van der Waals surface area (Å²) in [6, 6.07) is 8.23. The summed E-state index contributed by atoms with van der Waals surface area (Å²) in [6.07, 6.45) is 5.40. The molecule has 1 atom stereocenters. The highest BCUT2D eigenvalue weighted by molar-refractivity contribution is 5.77. The minimum Gasteiger partial charge on any atom is -0.346 e. The van der Waals surface area contributed by atoms with Gasteiger partial charge in [0.05, 0.1) is 17.1 Å². The van der Waals surface area contributed by atoms with Crippen molar-refractivity contribution in [3.05, 3.63) is 30.1 Å². The van der Waals surface area contributed by atoms with Crippen LogP contribution in [0.3, 0.4) is 0 Å². The van der Waals surface area contributed by atoms with Crippen molar-refractivity contribution in [2.24, 2.45) is 0 Å². The highest BCUT2D eigenvalue weighted by Crippen LogP contribution is 2.25. The van der Waals surface area contributed by atoms with E-state index in [0.717, 1.165) is 55.5 Å². The maximum absolute atomic E-state index is 11.6. The van der Waals surface area contributed by atoms with E-state index in [1.165, 1.54) is 0 Å². The molecule has 0 saturated carbocycles. The van der Waals surface area contributed by atoms with Gasteiger partial charge < -0.3 is 9.88 Å². The zero-order chi connectivity index (χ0) is 15.9. The van der Waals surface area contributed by atoms with Gasteiger partial charge in [-0.05, 0) is 25.0 Å². The fraction of sp³-hybridized carbons (Fsp3) is 0.556. The number of hydrogen-bond acceptors (Lipinski definition) is 2. The van der Waals surface area contributed by atoms with Gasteiger partial charge in [-0.3, -0.25) is 4.79 Å². The highest BCUT2D eigenvalue weighted by Gasteiger charge is 2.20. The van der Waals surface area contributed by atoms with Crippen LogP contribution in [-0.4, -0.2) is 15.5 Å². The lowest BCUT2D eigenvalue weighted by molar-refractivity contribution is -0.119. The molecule has 4 nitrogen and oxygen atoms in total. The number of nitrogens with one attached hydrogen (secondary N) is 1. The molecule has 0 spiro atoms. The molecule has 1 aromatic heterocycles. The number of hydrogen-bond donors (Lipinski definition) is 1. The first kappa shape index (κ1) is 16.5. The Balaban J connectivity index is 2.41. The van der Waals surface area contributed by atoms with E-state index in [4.69, 9.17) is 4.98 Å². The number of carbonyl (C=O) groups is 1. The van der Waals surface area contributed by atoms with Gasteiger partial charge in [0.25, 0.3) is 0 Å². The van der Waals surface area contributed by atoms with E-state index in [0.29, 0.717) is 0 Å². The molecule has 0 aliphatic heterocycles. The second kappa shape index (κ2) is 7.97. The van der Waals surface area contributed by atoms with Crippen molar-refractivity contribution in [1.82, 2.24) is 14.9 Å². The first-order valence-corrected chi connectivity index (χ1v) is 8.39. The average molecular weight is 301 g/mol. The first-order chi connectivity index (χ1) is 10.7. The summed E-state index contributed by atoms with van der Waals surface area (Å²) >= 11 is 0. The largest absolute Gasteiger partial charge is 0.346 e. The molecular formula is C18H27N3O. The number of rotatable bonds is 8. The van der Waals surface area contributed by atoms with Crippen LogP contribution in [0.5, 0.6) is 0 Å². The van der Waals surface area contributed by atoms with Gasteiger partial charge in [0.1, 0.15) is 5.82 Å². The van der Waals surface area contributed by atoms with Crippen LogP contribution in [0.1, 0.15) is 64.7 Å². The lowest BCUT2D eigenvalue weighted by Gasteiger charge is -2.19. The zero-order valence-corrected chi connectivity index (χ0v) is 13.9. The molecule has 120 valence electrons. The van der Waals surface area contributed by atoms with E-state index >= 15 is 0 Å². The Morgan fingerprint density at radius 3 is 2.64 bits per heavy atom. The normalized spacial score (nSPS) is 12.5. The summed E-state index contributed by atoms with van der Waals surface area (Å²) in [5.41, 5.74) is 2.18. The number of aryl methyl sites for hydroxylation is 1. The van der Waals surface area contributed by atoms with E-state index in [2.05, 4.69) is 35.9 Å². The van der Waals surface area contributed by atoms with Gasteiger partial charge in [-0.25, -0.2) is 4.98 Å². The molecule has 0 radical (unpaired) electrons. The predicted molar refractivity (Wildman–Crippen MR) is 90.7 cm³/mol. The first-order valence-electron chi connectivity index (χ1n) is 8.39. The summed E-state index contributed by atoms with van der Waals surface area (Å²) in [5, 5.41) is 3.09. The van der Waals surface area contributed by atoms with Crippen molar-refractivity contribution >= 4 is 16.9 Å². The summed E-state index contributed by atoms with van der Waals surface area (Å²) in [5.74, 6) is 1.01. The van der Waals surface area contributed by atoms with Crippen LogP contribution in [0.25, 0.3) is 11.0 Å². The number of nitrogens with zero attached hydrogens (tertiary/aromatic N) is 2. The van der Waals surface area contributed by atoms with Crippen LogP contribution in [0.2, 0.25) is 0 Å². The lowest BCUT2D eigenvalue weighted by Crippen LogP contribution is -2.28. The van der Waals surface area contributed by atoms with Crippen molar-refractivity contribution in [2.45, 2.75) is 65.5 Å². The second-order valence-corrected chi connectivity index (χ2v) is 5.86. The Hall–Kier alpha value is -1.84. The van der Waals surface area contributed by atoms with Crippen LogP contribution >= 0.6 is 0 Å². The van der Waals surface area contributed by atoms with Gasteiger partial charge >= 0.3 is 0 Å². The average Bonchev–Trinajstić information content (AvgIpc) is 2.87. The number of amides is 1. The molecule has 1 heterocycles. The Morgan fingerprint density at radius 2 is 1.95 bits per heavy atom. The molecule has 0 bridgehead atoms. The van der Waals surface area contributed by atoms with E-state index < -0.39 is 0 Å². The molecule has 1 N–H and O–H groups in total. The van der Waals surface area contributed by atoms with Crippen molar-refractivity contribution in [3.8, 4) is 0 Å². The molecule has 0 aliphatic rings. The quantitative estimate of drug-likeness (QED) is 0.794. The van der Waals surface area contributed by atoms with Gasteiger partial charge in [-0.2, -0.15) is 0 Å². The standard InChI is InChI=1S/C18H27N3O/c1-4-6-10-16(19-14(3)22)18-20-15-11-8-9-12-17(15)21(18)13-7-5-2/h8-9,11-12,16H,4-7,10,13H2,1-3H3,(H,19,22)/t16-/m0/s1. The SMILES string of the molecule is CCCC[C@H](NC(C)=O)c1nc2ccccc2n1CCCC. The fourth-order valence-corrected chi connectivity index (χ4v) is 2.83. The van der Waals surface area contributed by atoms with Crippen molar-refractivity contribution in [2.75, 3.05) is 0 Å². The van der Waals surface area contributed by atoms with E-state index in [1.807, 2.05) is 12.1 Å². The van der Waals surface area contributed by atoms with Gasteiger partial charge in [-0.15, -0.1) is 0 Å². The monoisotopic (exact) mass is 301 g/mol. The molecule has 1 aromatic carbocycles. The Bertz CT molecular complexity index is 618. The van der Waals surface area contributed by atoms with E-state index in [1.54, 1.807) is 6.92 Å². The number of benzene rings is 1. The molecule has 0 unspecified atom stereocenters. The highest BCUT2D eigenvalue weighted by atomic mass is 16.1. The molecule has 1 amide bonds. The van der Waals surface area contributed by atoms with Crippen molar-refractivity contribution in [1.29, 1.82) is 0 Å². The van der Waals surface area contributed by atoms with E-state index in [9.17, 15) is 4.79 Å². The molecule has 2 aromatic rings. The van der Waals surface area contributed by atoms with Crippen LogP contribution in [0.15, 0.2) is 24.3 Å². The van der Waals surface area contributed by atoms with Crippen LogP contribution in [0.4, 0.5) is 0 Å². The number of carbonyl (C=O) groups excluding carboxylic acids is 1. The summed E-state index contributed by atoms with van der Waals surface area (Å²) in [4.78, 5) is 16.4. The minimum absolute atomic E-state index is 0.00158. The van der Waals surface area contributed by atoms with Gasteiger partial charge in [0.2, 0.25) is 5.91 Å². The summed E-state index contributed by atoms with van der Waals surface area (Å²) < 4.78 is 2.29. The molecular weight excluding hydrogens is 274 g/mol. The minimum atomic E-state index is 0.00158. The fourth-order valence-electron chi connectivity index (χ4n) is 2.83. The number of imidazole rings is 1. The van der Waals surface area contributed by atoms with Crippen molar-refractivity contribution < 1.29 is 4.79 Å². The molecule has 0 saturated heterocycles. The number of para-hydroxylation sites is 2. The van der Waals surface area contributed by atoms with Crippen LogP contribution in [-0.2, 0) is 11.3 Å². The third-order valence-corrected chi connectivity index (χ3v) is 3.95. The maximum atomic E-state index is 11.6. The number of aromatic nitrogens is 2. The predicted octanol–water partition coefficient (Wildman–Crippen LogP) is 4.20. The zero-order valence-electron chi connectivity index (χ0n) is 13.9. The molecule has 4 heteroatoms. The van der Waals surface area contributed by atoms with Gasteiger partial charge in [-0.1, -0.05) is 45.2 Å².